The summed E-state index contributed by atoms with van der Waals surface area (Å²) in [5.41, 5.74) is 2.59. The molecule has 3 rings (SSSR count). The summed E-state index contributed by atoms with van der Waals surface area (Å²) in [6.45, 7) is 5.21. The Morgan fingerprint density at radius 3 is 2.72 bits per heavy atom. The Morgan fingerprint density at radius 2 is 1.93 bits per heavy atom. The highest BCUT2D eigenvalue weighted by atomic mass is 127. The average Bonchev–Trinajstić information content (AvgIpc) is 3.16. The zero-order valence-corrected chi connectivity index (χ0v) is 19.7. The number of rotatable bonds is 10. The van der Waals surface area contributed by atoms with Crippen LogP contribution in [0.4, 0.5) is 0 Å². The lowest BCUT2D eigenvalue weighted by atomic mass is 10.0. The van der Waals surface area contributed by atoms with Gasteiger partial charge in [0.05, 0.1) is 0 Å². The van der Waals surface area contributed by atoms with E-state index in [1.54, 1.807) is 0 Å². The van der Waals surface area contributed by atoms with Crippen LogP contribution in [0.15, 0.2) is 35.5 Å². The third-order valence-corrected chi connectivity index (χ3v) is 5.27. The van der Waals surface area contributed by atoms with Crippen molar-refractivity contribution in [2.45, 2.75) is 32.1 Å². The van der Waals surface area contributed by atoms with Crippen molar-refractivity contribution in [2.24, 2.45) is 10.9 Å². The van der Waals surface area contributed by atoms with Crippen molar-refractivity contribution in [3.63, 3.8) is 0 Å². The number of hydrogen-bond donors (Lipinski definition) is 3. The second-order valence-electron chi connectivity index (χ2n) is 7.37. The average molecular weight is 514 g/mol. The summed E-state index contributed by atoms with van der Waals surface area (Å²) >= 11 is 0. The number of hydrogen-bond acceptors (Lipinski definition) is 3. The minimum atomic E-state index is 0. The molecule has 29 heavy (non-hydrogen) atoms. The fraction of sp³-hybridized carbons (Fsp3) is 0.591. The zero-order valence-electron chi connectivity index (χ0n) is 17.4. The van der Waals surface area contributed by atoms with Crippen molar-refractivity contribution in [1.29, 1.82) is 0 Å². The molecule has 1 aromatic carbocycles. The maximum Gasteiger partial charge on any atom is 0.190 e. The number of aryl methyl sites for hydroxylation is 1. The van der Waals surface area contributed by atoms with Gasteiger partial charge in [-0.1, -0.05) is 18.2 Å². The van der Waals surface area contributed by atoms with Gasteiger partial charge in [0.15, 0.2) is 5.96 Å². The highest BCUT2D eigenvalue weighted by Crippen LogP contribution is 2.18. The fourth-order valence-corrected chi connectivity index (χ4v) is 3.59. The van der Waals surface area contributed by atoms with Gasteiger partial charge in [-0.3, -0.25) is 4.99 Å². The smallest absolute Gasteiger partial charge is 0.190 e. The van der Waals surface area contributed by atoms with Gasteiger partial charge in [0.1, 0.15) is 0 Å². The number of aromatic nitrogens is 1. The van der Waals surface area contributed by atoms with Gasteiger partial charge >= 0.3 is 0 Å². The number of aromatic amines is 1. The summed E-state index contributed by atoms with van der Waals surface area (Å²) in [5, 5.41) is 8.09. The molecule has 0 atom stereocenters. The Kier molecular flexibility index (Phi) is 11.4. The molecule has 3 N–H and O–H groups in total. The molecule has 0 amide bonds. The topological polar surface area (TPSA) is 70.7 Å². The van der Waals surface area contributed by atoms with Crippen LogP contribution in [-0.2, 0) is 15.9 Å². The number of para-hydroxylation sites is 1. The van der Waals surface area contributed by atoms with Crippen LogP contribution in [0.5, 0.6) is 0 Å². The van der Waals surface area contributed by atoms with Crippen LogP contribution in [0.2, 0.25) is 0 Å². The Bertz CT molecular complexity index is 728. The summed E-state index contributed by atoms with van der Waals surface area (Å²) in [6.07, 6.45) is 7.49. The van der Waals surface area contributed by atoms with E-state index in [4.69, 9.17) is 9.47 Å². The molecule has 6 nitrogen and oxygen atoms in total. The van der Waals surface area contributed by atoms with Crippen molar-refractivity contribution in [1.82, 2.24) is 15.6 Å². The third-order valence-electron chi connectivity index (χ3n) is 5.27. The fourth-order valence-electron chi connectivity index (χ4n) is 3.59. The second-order valence-corrected chi connectivity index (χ2v) is 7.37. The van der Waals surface area contributed by atoms with Crippen molar-refractivity contribution in [3.05, 3.63) is 36.0 Å². The number of H-pyrrole nitrogens is 1. The molecule has 1 saturated heterocycles. The lowest BCUT2D eigenvalue weighted by Crippen LogP contribution is -2.38. The Morgan fingerprint density at radius 1 is 1.17 bits per heavy atom. The predicted octanol–water partition coefficient (Wildman–Crippen LogP) is 3.72. The van der Waals surface area contributed by atoms with Gasteiger partial charge in [-0.05, 0) is 49.7 Å². The molecular weight excluding hydrogens is 479 g/mol. The monoisotopic (exact) mass is 514 g/mol. The molecule has 0 aliphatic carbocycles. The largest absolute Gasteiger partial charge is 0.381 e. The first-order valence-corrected chi connectivity index (χ1v) is 10.5. The van der Waals surface area contributed by atoms with Gasteiger partial charge in [0, 0.05) is 63.7 Å². The van der Waals surface area contributed by atoms with E-state index in [1.165, 1.54) is 16.5 Å². The summed E-state index contributed by atoms with van der Waals surface area (Å²) in [4.78, 5) is 7.64. The summed E-state index contributed by atoms with van der Waals surface area (Å²) in [5.74, 6) is 1.54. The van der Waals surface area contributed by atoms with Crippen LogP contribution in [-0.4, -0.2) is 57.5 Å². The molecule has 2 aromatic rings. The van der Waals surface area contributed by atoms with Crippen molar-refractivity contribution >= 4 is 40.8 Å². The molecule has 1 fully saturated rings. The van der Waals surface area contributed by atoms with Crippen molar-refractivity contribution < 1.29 is 9.47 Å². The minimum Gasteiger partial charge on any atom is -0.381 e. The lowest BCUT2D eigenvalue weighted by molar-refractivity contribution is 0.0203. The molecule has 0 unspecified atom stereocenters. The van der Waals surface area contributed by atoms with E-state index < -0.39 is 0 Å². The van der Waals surface area contributed by atoms with Gasteiger partial charge in [0.25, 0.3) is 0 Å². The Balaban J connectivity index is 0.00000300. The maximum atomic E-state index is 5.80. The first-order chi connectivity index (χ1) is 13.9. The van der Waals surface area contributed by atoms with E-state index in [1.807, 2.05) is 7.05 Å². The molecule has 1 aromatic heterocycles. The first kappa shape index (κ1) is 24.0. The van der Waals surface area contributed by atoms with Crippen LogP contribution in [0.3, 0.4) is 0 Å². The lowest BCUT2D eigenvalue weighted by Gasteiger charge is -2.21. The van der Waals surface area contributed by atoms with E-state index in [0.29, 0.717) is 5.92 Å². The molecule has 7 heteroatoms. The normalized spacial score (nSPS) is 15.3. The molecule has 0 spiro atoms. The van der Waals surface area contributed by atoms with E-state index >= 15 is 0 Å². The number of halogens is 1. The number of aliphatic imine (C=N–C) groups is 1. The highest BCUT2D eigenvalue weighted by molar-refractivity contribution is 14.0. The number of nitrogens with one attached hydrogen (secondary N) is 3. The number of fused-ring (bicyclic) bond motifs is 1. The molecule has 1 aliphatic heterocycles. The van der Waals surface area contributed by atoms with Crippen LogP contribution in [0, 0.1) is 5.92 Å². The van der Waals surface area contributed by atoms with Gasteiger partial charge in [-0.15, -0.1) is 24.0 Å². The highest BCUT2D eigenvalue weighted by Gasteiger charge is 2.13. The molecular formula is C22H35IN4O2. The van der Waals surface area contributed by atoms with E-state index in [0.717, 1.165) is 77.6 Å². The van der Waals surface area contributed by atoms with Gasteiger partial charge in [-0.2, -0.15) is 0 Å². The number of benzene rings is 1. The van der Waals surface area contributed by atoms with Gasteiger partial charge < -0.3 is 25.1 Å². The molecule has 2 heterocycles. The summed E-state index contributed by atoms with van der Waals surface area (Å²) in [7, 11) is 1.82. The van der Waals surface area contributed by atoms with Crippen molar-refractivity contribution in [2.75, 3.05) is 46.6 Å². The van der Waals surface area contributed by atoms with Crippen molar-refractivity contribution in [3.8, 4) is 0 Å². The van der Waals surface area contributed by atoms with Crippen LogP contribution < -0.4 is 10.6 Å². The zero-order chi connectivity index (χ0) is 19.4. The number of ether oxygens (including phenoxy) is 2. The van der Waals surface area contributed by atoms with Gasteiger partial charge in [-0.25, -0.2) is 0 Å². The molecule has 0 saturated carbocycles. The Labute approximate surface area is 191 Å². The SMILES string of the molecule is CN=C(NCCCOCC1CCOCC1)NCCCc1c[nH]c2ccccc12.I. The summed E-state index contributed by atoms with van der Waals surface area (Å²) in [6, 6.07) is 8.46. The number of nitrogens with zero attached hydrogens (tertiary/aromatic N) is 1. The third kappa shape index (κ3) is 8.14. The van der Waals surface area contributed by atoms with E-state index in [2.05, 4.69) is 51.1 Å². The van der Waals surface area contributed by atoms with Gasteiger partial charge in [0.2, 0.25) is 0 Å². The Hall–Kier alpha value is -1.32. The molecule has 162 valence electrons. The van der Waals surface area contributed by atoms with E-state index in [-0.39, 0.29) is 24.0 Å². The molecule has 1 aliphatic rings. The minimum absolute atomic E-state index is 0. The molecule has 0 radical (unpaired) electrons. The number of guanidine groups is 1. The standard InChI is InChI=1S/C22H34N4O2.HI/c1-23-22(25-12-5-13-28-17-18-9-14-27-15-10-18)24-11-4-6-19-16-26-21-8-3-2-7-20(19)21;/h2-3,7-8,16,18,26H,4-6,9-15,17H2,1H3,(H2,23,24,25);1H. The quantitative estimate of drug-likeness (QED) is 0.196. The van der Waals surface area contributed by atoms with Crippen LogP contribution in [0.25, 0.3) is 10.9 Å². The molecule has 0 bridgehead atoms. The van der Waals surface area contributed by atoms with E-state index in [9.17, 15) is 0 Å². The predicted molar refractivity (Wildman–Crippen MR) is 130 cm³/mol. The maximum absolute atomic E-state index is 5.80. The van der Waals surface area contributed by atoms with Crippen LogP contribution >= 0.6 is 24.0 Å². The second kappa shape index (κ2) is 13.8. The first-order valence-electron chi connectivity index (χ1n) is 10.5. The summed E-state index contributed by atoms with van der Waals surface area (Å²) < 4.78 is 11.2. The van der Waals surface area contributed by atoms with Crippen LogP contribution in [0.1, 0.15) is 31.2 Å².